The molecule has 4 heteroatoms. The smallest absolute Gasteiger partial charge is 0.186 e. The van der Waals surface area contributed by atoms with E-state index in [1.807, 2.05) is 0 Å². The maximum absolute atomic E-state index is 11.0. The summed E-state index contributed by atoms with van der Waals surface area (Å²) in [6, 6.07) is 3.48. The van der Waals surface area contributed by atoms with Crippen LogP contribution in [0.5, 0.6) is 5.06 Å². The summed E-state index contributed by atoms with van der Waals surface area (Å²) >= 11 is 1.31. The van der Waals surface area contributed by atoms with Gasteiger partial charge in [-0.05, 0) is 12.1 Å². The Morgan fingerprint density at radius 2 is 2.45 bits per heavy atom. The Labute approximate surface area is 68.8 Å². The average molecular weight is 171 g/mol. The van der Waals surface area contributed by atoms with Crippen LogP contribution in [-0.4, -0.2) is 19.4 Å². The van der Waals surface area contributed by atoms with E-state index in [-0.39, 0.29) is 12.3 Å². The fourth-order valence-electron chi connectivity index (χ4n) is 0.680. The zero-order valence-electron chi connectivity index (χ0n) is 6.16. The van der Waals surface area contributed by atoms with Gasteiger partial charge in [0, 0.05) is 0 Å². The Balaban J connectivity index is 2.80. The highest BCUT2D eigenvalue weighted by Crippen LogP contribution is 2.23. The summed E-state index contributed by atoms with van der Waals surface area (Å²) in [6.45, 7) is 0.0592. The van der Waals surface area contributed by atoms with E-state index in [0.29, 0.717) is 4.88 Å². The first kappa shape index (κ1) is 8.23. The molecule has 0 atom stereocenters. The molecule has 11 heavy (non-hydrogen) atoms. The second-order valence-electron chi connectivity index (χ2n) is 1.95. The van der Waals surface area contributed by atoms with Gasteiger partial charge in [0.15, 0.2) is 10.8 Å². The molecule has 0 saturated heterocycles. The molecule has 0 unspecified atom stereocenters. The number of Topliss-reactive ketones (excluding diaryl/α,β-unsaturated/α-hetero) is 1. The van der Waals surface area contributed by atoms with Gasteiger partial charge in [0.1, 0.15) is 0 Å². The van der Waals surface area contributed by atoms with Gasteiger partial charge in [-0.1, -0.05) is 11.3 Å². The summed E-state index contributed by atoms with van der Waals surface area (Å²) < 4.78 is 4.91. The number of methoxy groups -OCH3 is 1. The first-order valence-electron chi connectivity index (χ1n) is 3.15. The Morgan fingerprint density at radius 3 is 2.91 bits per heavy atom. The predicted molar refractivity (Wildman–Crippen MR) is 44.3 cm³/mol. The van der Waals surface area contributed by atoms with Gasteiger partial charge in [-0.25, -0.2) is 0 Å². The van der Waals surface area contributed by atoms with E-state index in [9.17, 15) is 4.79 Å². The highest BCUT2D eigenvalue weighted by molar-refractivity contribution is 7.15. The van der Waals surface area contributed by atoms with Crippen LogP contribution in [0.2, 0.25) is 0 Å². The number of carbonyl (C=O) groups excluding carboxylic acids is 1. The van der Waals surface area contributed by atoms with E-state index in [2.05, 4.69) is 0 Å². The van der Waals surface area contributed by atoms with Gasteiger partial charge in [0.25, 0.3) is 0 Å². The first-order valence-corrected chi connectivity index (χ1v) is 3.96. The Bertz CT molecular complexity index is 257. The highest BCUT2D eigenvalue weighted by atomic mass is 32.1. The molecule has 2 N–H and O–H groups in total. The summed E-state index contributed by atoms with van der Waals surface area (Å²) in [7, 11) is 1.57. The zero-order valence-corrected chi connectivity index (χ0v) is 6.98. The van der Waals surface area contributed by atoms with Crippen LogP contribution in [0.1, 0.15) is 9.67 Å². The van der Waals surface area contributed by atoms with Crippen LogP contribution in [0.15, 0.2) is 12.1 Å². The fourth-order valence-corrected chi connectivity index (χ4v) is 1.45. The predicted octanol–water partition coefficient (Wildman–Crippen LogP) is 0.898. The number of nitrogens with two attached hydrogens (primary N) is 1. The topological polar surface area (TPSA) is 52.3 Å². The summed E-state index contributed by atoms with van der Waals surface area (Å²) in [5.74, 6) is -0.0432. The maximum atomic E-state index is 11.0. The van der Waals surface area contributed by atoms with Gasteiger partial charge in [-0.15, -0.1) is 0 Å². The molecule has 60 valence electrons. The van der Waals surface area contributed by atoms with Crippen LogP contribution >= 0.6 is 11.3 Å². The van der Waals surface area contributed by atoms with Crippen molar-refractivity contribution in [1.82, 2.24) is 0 Å². The molecule has 1 aromatic rings. The molecule has 0 fully saturated rings. The molecule has 3 nitrogen and oxygen atoms in total. The molecular formula is C7H9NO2S. The van der Waals surface area contributed by atoms with Crippen molar-refractivity contribution in [3.05, 3.63) is 17.0 Å². The van der Waals surface area contributed by atoms with Crippen molar-refractivity contribution in [2.24, 2.45) is 5.73 Å². The second kappa shape index (κ2) is 3.50. The molecule has 0 aliphatic carbocycles. The molecule has 1 aromatic heterocycles. The van der Waals surface area contributed by atoms with Crippen LogP contribution in [0.25, 0.3) is 0 Å². The normalized spacial score (nSPS) is 9.64. The van der Waals surface area contributed by atoms with Crippen molar-refractivity contribution >= 4 is 17.1 Å². The number of thiophene rings is 1. The standard InChI is InChI=1S/C7H9NO2S/c1-10-7-3-2-6(11-7)5(9)4-8/h2-3H,4,8H2,1H3. The Kier molecular flexibility index (Phi) is 2.62. The molecule has 0 bridgehead atoms. The minimum Gasteiger partial charge on any atom is -0.487 e. The van der Waals surface area contributed by atoms with Crippen LogP contribution in [0.3, 0.4) is 0 Å². The zero-order chi connectivity index (χ0) is 8.27. The monoisotopic (exact) mass is 171 g/mol. The Morgan fingerprint density at radius 1 is 1.73 bits per heavy atom. The number of rotatable bonds is 3. The highest BCUT2D eigenvalue weighted by Gasteiger charge is 2.06. The average Bonchev–Trinajstić information content (AvgIpc) is 2.50. The number of hydrogen-bond donors (Lipinski definition) is 1. The molecule has 0 aliphatic heterocycles. The number of carbonyl (C=O) groups is 1. The molecule has 1 rings (SSSR count). The fraction of sp³-hybridized carbons (Fsp3) is 0.286. The van der Waals surface area contributed by atoms with Gasteiger partial charge in [-0.2, -0.15) is 0 Å². The number of ether oxygens (including phenoxy) is 1. The minimum absolute atomic E-state index is 0.0432. The molecular weight excluding hydrogens is 162 g/mol. The van der Waals surface area contributed by atoms with Crippen LogP contribution < -0.4 is 10.5 Å². The van der Waals surface area contributed by atoms with E-state index >= 15 is 0 Å². The van der Waals surface area contributed by atoms with Crippen LogP contribution in [-0.2, 0) is 0 Å². The molecule has 0 aromatic carbocycles. The van der Waals surface area contributed by atoms with Gasteiger partial charge >= 0.3 is 0 Å². The number of ketones is 1. The van der Waals surface area contributed by atoms with Crippen molar-refractivity contribution in [2.75, 3.05) is 13.7 Å². The maximum Gasteiger partial charge on any atom is 0.186 e. The van der Waals surface area contributed by atoms with E-state index < -0.39 is 0 Å². The van der Waals surface area contributed by atoms with Crippen molar-refractivity contribution in [1.29, 1.82) is 0 Å². The van der Waals surface area contributed by atoms with Gasteiger partial charge in [-0.3, -0.25) is 4.79 Å². The lowest BCUT2D eigenvalue weighted by molar-refractivity contribution is 0.100. The molecule has 0 spiro atoms. The number of hydrogen-bond acceptors (Lipinski definition) is 4. The van der Waals surface area contributed by atoms with E-state index in [0.717, 1.165) is 5.06 Å². The lowest BCUT2D eigenvalue weighted by atomic mass is 10.3. The lowest BCUT2D eigenvalue weighted by Gasteiger charge is -1.90. The summed E-state index contributed by atoms with van der Waals surface area (Å²) in [4.78, 5) is 11.6. The summed E-state index contributed by atoms with van der Waals surface area (Å²) in [6.07, 6.45) is 0. The minimum atomic E-state index is -0.0432. The van der Waals surface area contributed by atoms with Gasteiger partial charge in [0.2, 0.25) is 0 Å². The second-order valence-corrected chi connectivity index (χ2v) is 3.00. The molecule has 0 saturated carbocycles. The quantitative estimate of drug-likeness (QED) is 0.687. The molecule has 0 amide bonds. The van der Waals surface area contributed by atoms with E-state index in [1.54, 1.807) is 19.2 Å². The van der Waals surface area contributed by atoms with E-state index in [4.69, 9.17) is 10.5 Å². The van der Waals surface area contributed by atoms with Crippen molar-refractivity contribution in [2.45, 2.75) is 0 Å². The van der Waals surface area contributed by atoms with E-state index in [1.165, 1.54) is 11.3 Å². The Hall–Kier alpha value is -0.870. The third-order valence-corrected chi connectivity index (χ3v) is 2.33. The molecule has 1 heterocycles. The summed E-state index contributed by atoms with van der Waals surface area (Å²) in [5.41, 5.74) is 5.17. The van der Waals surface area contributed by atoms with Crippen LogP contribution in [0, 0.1) is 0 Å². The lowest BCUT2D eigenvalue weighted by Crippen LogP contribution is -2.11. The third-order valence-electron chi connectivity index (χ3n) is 1.24. The SMILES string of the molecule is COc1ccc(C(=O)CN)s1. The van der Waals surface area contributed by atoms with Crippen molar-refractivity contribution < 1.29 is 9.53 Å². The van der Waals surface area contributed by atoms with Gasteiger partial charge < -0.3 is 10.5 Å². The first-order chi connectivity index (χ1) is 5.27. The summed E-state index contributed by atoms with van der Waals surface area (Å²) in [5, 5.41) is 0.738. The third kappa shape index (κ3) is 1.78. The van der Waals surface area contributed by atoms with Crippen molar-refractivity contribution in [3.63, 3.8) is 0 Å². The van der Waals surface area contributed by atoms with Crippen LogP contribution in [0.4, 0.5) is 0 Å². The van der Waals surface area contributed by atoms with Crippen molar-refractivity contribution in [3.8, 4) is 5.06 Å². The van der Waals surface area contributed by atoms with Gasteiger partial charge in [0.05, 0.1) is 18.5 Å². The molecule has 0 radical (unpaired) electrons. The largest absolute Gasteiger partial charge is 0.487 e. The molecule has 0 aliphatic rings.